The van der Waals surface area contributed by atoms with E-state index in [9.17, 15) is 26.7 Å². The second kappa shape index (κ2) is 5.35. The molecule has 3 N–H and O–H groups in total. The number of carbonyl (C=O) groups is 1. The van der Waals surface area contributed by atoms with Crippen LogP contribution in [-0.2, 0) is 0 Å². The standard InChI is InChI=1S/C12H6F5N3O/c13-6-7(14)9(16)11(10(17)8(6)15)20-12(21)4-1-2-19-5(18)3-4/h1-3H,(H2,18,19)(H,20,21). The first-order valence-corrected chi connectivity index (χ1v) is 5.37. The maximum atomic E-state index is 13.4. The van der Waals surface area contributed by atoms with Crippen LogP contribution in [0.3, 0.4) is 0 Å². The molecule has 110 valence electrons. The SMILES string of the molecule is Nc1cc(C(=O)Nc2c(F)c(F)c(F)c(F)c2F)ccn1. The van der Waals surface area contributed by atoms with Crippen molar-refractivity contribution < 1.29 is 26.7 Å². The molecule has 0 radical (unpaired) electrons. The summed E-state index contributed by atoms with van der Waals surface area (Å²) in [7, 11) is 0. The van der Waals surface area contributed by atoms with Gasteiger partial charge in [-0.1, -0.05) is 0 Å². The van der Waals surface area contributed by atoms with Gasteiger partial charge in [-0.2, -0.15) is 0 Å². The highest BCUT2D eigenvalue weighted by Gasteiger charge is 2.27. The van der Waals surface area contributed by atoms with Crippen LogP contribution in [0, 0.1) is 29.1 Å². The van der Waals surface area contributed by atoms with Crippen molar-refractivity contribution in [2.45, 2.75) is 0 Å². The van der Waals surface area contributed by atoms with Gasteiger partial charge in [0.05, 0.1) is 0 Å². The van der Waals surface area contributed by atoms with E-state index in [2.05, 4.69) is 4.98 Å². The highest BCUT2D eigenvalue weighted by Crippen LogP contribution is 2.27. The molecule has 0 saturated heterocycles. The van der Waals surface area contributed by atoms with Gasteiger partial charge in [0.25, 0.3) is 5.91 Å². The van der Waals surface area contributed by atoms with Crippen molar-refractivity contribution >= 4 is 17.4 Å². The van der Waals surface area contributed by atoms with Gasteiger partial charge < -0.3 is 11.1 Å². The number of carbonyl (C=O) groups excluding carboxylic acids is 1. The molecule has 1 heterocycles. The number of hydrogen-bond acceptors (Lipinski definition) is 3. The first-order chi connectivity index (χ1) is 9.82. The summed E-state index contributed by atoms with van der Waals surface area (Å²) in [6, 6.07) is 2.22. The smallest absolute Gasteiger partial charge is 0.256 e. The Balaban J connectivity index is 2.43. The van der Waals surface area contributed by atoms with Crippen molar-refractivity contribution in [2.75, 3.05) is 11.1 Å². The predicted octanol–water partition coefficient (Wildman–Crippen LogP) is 2.61. The minimum Gasteiger partial charge on any atom is -0.384 e. The number of benzene rings is 1. The summed E-state index contributed by atoms with van der Waals surface area (Å²) in [5.74, 6) is -12.1. The molecule has 0 fully saturated rings. The number of pyridine rings is 1. The summed E-state index contributed by atoms with van der Waals surface area (Å²) in [4.78, 5) is 15.3. The molecule has 0 aliphatic heterocycles. The molecule has 0 atom stereocenters. The Morgan fingerprint density at radius 3 is 2.05 bits per heavy atom. The van der Waals surface area contributed by atoms with E-state index in [0.29, 0.717) is 0 Å². The molecular formula is C12H6F5N3O. The second-order valence-electron chi connectivity index (χ2n) is 3.87. The third kappa shape index (κ3) is 2.62. The Hall–Kier alpha value is -2.71. The van der Waals surface area contributed by atoms with E-state index < -0.39 is 40.7 Å². The monoisotopic (exact) mass is 303 g/mol. The van der Waals surface area contributed by atoms with Crippen LogP contribution >= 0.6 is 0 Å². The van der Waals surface area contributed by atoms with Crippen molar-refractivity contribution in [1.82, 2.24) is 4.98 Å². The maximum Gasteiger partial charge on any atom is 0.256 e. The summed E-state index contributed by atoms with van der Waals surface area (Å²) < 4.78 is 65.6. The number of aromatic nitrogens is 1. The van der Waals surface area contributed by atoms with Crippen LogP contribution in [0.25, 0.3) is 0 Å². The average molecular weight is 303 g/mol. The van der Waals surface area contributed by atoms with Crippen molar-refractivity contribution in [1.29, 1.82) is 0 Å². The van der Waals surface area contributed by atoms with Gasteiger partial charge in [-0.15, -0.1) is 0 Å². The summed E-state index contributed by atoms with van der Waals surface area (Å²) in [5.41, 5.74) is 3.71. The van der Waals surface area contributed by atoms with Gasteiger partial charge in [-0.05, 0) is 12.1 Å². The number of nitrogens with one attached hydrogen (secondary N) is 1. The lowest BCUT2D eigenvalue weighted by Crippen LogP contribution is -2.17. The number of nitrogens with two attached hydrogens (primary N) is 1. The van der Waals surface area contributed by atoms with Gasteiger partial charge in [-0.3, -0.25) is 4.79 Å². The Morgan fingerprint density at radius 2 is 1.52 bits per heavy atom. The summed E-state index contributed by atoms with van der Waals surface area (Å²) >= 11 is 0. The third-order valence-electron chi connectivity index (χ3n) is 2.49. The molecule has 0 saturated carbocycles. The van der Waals surface area contributed by atoms with Gasteiger partial charge >= 0.3 is 0 Å². The van der Waals surface area contributed by atoms with E-state index in [1.54, 1.807) is 5.32 Å². The zero-order valence-electron chi connectivity index (χ0n) is 10.1. The first-order valence-electron chi connectivity index (χ1n) is 5.37. The number of nitrogens with zero attached hydrogens (tertiary/aromatic N) is 1. The summed E-state index contributed by atoms with van der Waals surface area (Å²) in [5, 5.41) is 1.61. The molecule has 21 heavy (non-hydrogen) atoms. The molecule has 1 aromatic heterocycles. The molecule has 0 spiro atoms. The van der Waals surface area contributed by atoms with E-state index in [4.69, 9.17) is 5.73 Å². The number of amides is 1. The zero-order valence-corrected chi connectivity index (χ0v) is 10.1. The Labute approximate surface area is 114 Å². The van der Waals surface area contributed by atoms with Crippen LogP contribution in [0.4, 0.5) is 33.5 Å². The van der Waals surface area contributed by atoms with E-state index in [1.807, 2.05) is 0 Å². The lowest BCUT2D eigenvalue weighted by Gasteiger charge is -2.10. The average Bonchev–Trinajstić information content (AvgIpc) is 2.47. The third-order valence-corrected chi connectivity index (χ3v) is 2.49. The topological polar surface area (TPSA) is 68.0 Å². The van der Waals surface area contributed by atoms with Crippen LogP contribution in [-0.4, -0.2) is 10.9 Å². The Bertz CT molecular complexity index is 706. The predicted molar refractivity (Wildman–Crippen MR) is 62.8 cm³/mol. The quantitative estimate of drug-likeness (QED) is 0.509. The van der Waals surface area contributed by atoms with Crippen LogP contribution in [0.5, 0.6) is 0 Å². The molecule has 0 aliphatic rings. The number of hydrogen-bond donors (Lipinski definition) is 2. The maximum absolute atomic E-state index is 13.4. The Morgan fingerprint density at radius 1 is 1.00 bits per heavy atom. The highest BCUT2D eigenvalue weighted by molar-refractivity contribution is 6.04. The van der Waals surface area contributed by atoms with E-state index in [1.165, 1.54) is 0 Å². The second-order valence-corrected chi connectivity index (χ2v) is 3.87. The van der Waals surface area contributed by atoms with E-state index >= 15 is 0 Å². The zero-order chi connectivity index (χ0) is 15.7. The summed E-state index contributed by atoms with van der Waals surface area (Å²) in [6.07, 6.45) is 1.14. The molecule has 4 nitrogen and oxygen atoms in total. The number of rotatable bonds is 2. The fourth-order valence-corrected chi connectivity index (χ4v) is 1.49. The first kappa shape index (κ1) is 14.7. The fourth-order valence-electron chi connectivity index (χ4n) is 1.49. The van der Waals surface area contributed by atoms with Crippen molar-refractivity contribution in [2.24, 2.45) is 0 Å². The molecule has 1 amide bonds. The Kier molecular flexibility index (Phi) is 3.74. The van der Waals surface area contributed by atoms with Crippen LogP contribution in [0.1, 0.15) is 10.4 Å². The van der Waals surface area contributed by atoms with E-state index in [0.717, 1.165) is 18.3 Å². The minimum absolute atomic E-state index is 0.0555. The van der Waals surface area contributed by atoms with E-state index in [-0.39, 0.29) is 11.4 Å². The number of anilines is 2. The minimum atomic E-state index is -2.31. The molecule has 0 bridgehead atoms. The highest BCUT2D eigenvalue weighted by atomic mass is 19.2. The molecular weight excluding hydrogens is 297 g/mol. The van der Waals surface area contributed by atoms with Crippen LogP contribution in [0.2, 0.25) is 0 Å². The number of nitrogen functional groups attached to an aromatic ring is 1. The van der Waals surface area contributed by atoms with Crippen LogP contribution in [0.15, 0.2) is 18.3 Å². The lowest BCUT2D eigenvalue weighted by molar-refractivity contribution is 0.102. The number of halogens is 5. The largest absolute Gasteiger partial charge is 0.384 e. The van der Waals surface area contributed by atoms with Crippen LogP contribution < -0.4 is 11.1 Å². The molecule has 0 unspecified atom stereocenters. The molecule has 1 aromatic carbocycles. The lowest BCUT2D eigenvalue weighted by atomic mass is 10.2. The van der Waals surface area contributed by atoms with Crippen molar-refractivity contribution in [3.05, 3.63) is 53.0 Å². The summed E-state index contributed by atoms with van der Waals surface area (Å²) in [6.45, 7) is 0. The normalized spacial score (nSPS) is 10.5. The molecule has 0 aliphatic carbocycles. The van der Waals surface area contributed by atoms with Gasteiger partial charge in [0, 0.05) is 11.8 Å². The van der Waals surface area contributed by atoms with Gasteiger partial charge in [0.15, 0.2) is 23.3 Å². The molecule has 9 heteroatoms. The van der Waals surface area contributed by atoms with Gasteiger partial charge in [0.2, 0.25) is 5.82 Å². The fraction of sp³-hybridized carbons (Fsp3) is 0. The van der Waals surface area contributed by atoms with Gasteiger partial charge in [0.1, 0.15) is 11.5 Å². The van der Waals surface area contributed by atoms with Gasteiger partial charge in [-0.25, -0.2) is 26.9 Å². The molecule has 2 rings (SSSR count). The van der Waals surface area contributed by atoms with Crippen molar-refractivity contribution in [3.8, 4) is 0 Å². The van der Waals surface area contributed by atoms with Crippen molar-refractivity contribution in [3.63, 3.8) is 0 Å². The molecule has 2 aromatic rings.